The van der Waals surface area contributed by atoms with Crippen LogP contribution in [0.2, 0.25) is 0 Å². The van der Waals surface area contributed by atoms with E-state index in [0.717, 1.165) is 5.56 Å². The summed E-state index contributed by atoms with van der Waals surface area (Å²) in [5, 5.41) is 5.47. The summed E-state index contributed by atoms with van der Waals surface area (Å²) in [6.07, 6.45) is -0.488. The van der Waals surface area contributed by atoms with E-state index in [-0.39, 0.29) is 24.2 Å². The van der Waals surface area contributed by atoms with Crippen molar-refractivity contribution in [2.75, 3.05) is 19.7 Å². The Labute approximate surface area is 157 Å². The summed E-state index contributed by atoms with van der Waals surface area (Å²) >= 11 is 0. The number of rotatable bonds is 8. The van der Waals surface area contributed by atoms with Crippen LogP contribution in [0.4, 0.5) is 4.79 Å². The molecule has 0 aliphatic rings. The van der Waals surface area contributed by atoms with Gasteiger partial charge in [0.05, 0.1) is 13.0 Å². The Morgan fingerprint density at radius 2 is 1.56 bits per heavy atom. The first kappa shape index (κ1) is 20.0. The van der Waals surface area contributed by atoms with Crippen LogP contribution in [-0.2, 0) is 16.0 Å². The van der Waals surface area contributed by atoms with Crippen molar-refractivity contribution in [3.63, 3.8) is 0 Å². The summed E-state index contributed by atoms with van der Waals surface area (Å²) in [5.74, 6) is -0.0934. The molecule has 2 aromatic rings. The molecule has 2 aromatic carbocycles. The van der Waals surface area contributed by atoms with Crippen molar-refractivity contribution in [2.45, 2.75) is 13.3 Å². The van der Waals surface area contributed by atoms with E-state index in [1.807, 2.05) is 30.3 Å². The van der Waals surface area contributed by atoms with Gasteiger partial charge < -0.3 is 20.1 Å². The predicted molar refractivity (Wildman–Crippen MR) is 99.6 cm³/mol. The molecule has 2 N–H and O–H groups in total. The van der Waals surface area contributed by atoms with Gasteiger partial charge in [-0.3, -0.25) is 9.59 Å². The second-order valence-corrected chi connectivity index (χ2v) is 5.58. The Morgan fingerprint density at radius 3 is 2.22 bits per heavy atom. The number of carbonyl (C=O) groups is 3. The highest BCUT2D eigenvalue weighted by molar-refractivity contribution is 5.94. The topological polar surface area (TPSA) is 93.7 Å². The van der Waals surface area contributed by atoms with Crippen LogP contribution >= 0.6 is 0 Å². The van der Waals surface area contributed by atoms with E-state index < -0.39 is 6.16 Å². The Balaban J connectivity index is 1.69. The third-order valence-electron chi connectivity index (χ3n) is 3.52. The van der Waals surface area contributed by atoms with Crippen LogP contribution in [0.1, 0.15) is 22.8 Å². The molecular formula is C20H22N2O5. The summed E-state index contributed by atoms with van der Waals surface area (Å²) in [7, 11) is 0. The molecule has 2 amide bonds. The van der Waals surface area contributed by atoms with Gasteiger partial charge in [0.1, 0.15) is 5.75 Å². The van der Waals surface area contributed by atoms with Gasteiger partial charge in [-0.05, 0) is 36.8 Å². The van der Waals surface area contributed by atoms with Gasteiger partial charge in [0.25, 0.3) is 5.91 Å². The fourth-order valence-electron chi connectivity index (χ4n) is 2.24. The number of carbonyl (C=O) groups excluding carboxylic acids is 3. The van der Waals surface area contributed by atoms with E-state index in [9.17, 15) is 14.4 Å². The number of benzene rings is 2. The number of nitrogens with one attached hydrogen (secondary N) is 2. The van der Waals surface area contributed by atoms with Crippen LogP contribution < -0.4 is 15.4 Å². The van der Waals surface area contributed by atoms with Crippen molar-refractivity contribution < 1.29 is 23.9 Å². The monoisotopic (exact) mass is 370 g/mol. The van der Waals surface area contributed by atoms with Gasteiger partial charge in [-0.1, -0.05) is 30.3 Å². The Hall–Kier alpha value is -3.35. The third kappa shape index (κ3) is 7.19. The van der Waals surface area contributed by atoms with Crippen LogP contribution in [0.15, 0.2) is 54.6 Å². The maximum atomic E-state index is 12.1. The lowest BCUT2D eigenvalue weighted by atomic mass is 10.1. The summed E-state index contributed by atoms with van der Waals surface area (Å²) in [6.45, 7) is 2.54. The zero-order valence-corrected chi connectivity index (χ0v) is 15.1. The summed E-state index contributed by atoms with van der Waals surface area (Å²) < 4.78 is 9.59. The average Bonchev–Trinajstić information content (AvgIpc) is 2.66. The molecule has 7 nitrogen and oxygen atoms in total. The molecule has 0 aliphatic carbocycles. The van der Waals surface area contributed by atoms with Gasteiger partial charge in [0.2, 0.25) is 5.91 Å². The first-order valence-corrected chi connectivity index (χ1v) is 8.62. The van der Waals surface area contributed by atoms with Crippen LogP contribution in [0.5, 0.6) is 5.75 Å². The van der Waals surface area contributed by atoms with Gasteiger partial charge in [-0.2, -0.15) is 0 Å². The summed E-state index contributed by atoms with van der Waals surface area (Å²) in [4.78, 5) is 35.1. The van der Waals surface area contributed by atoms with Gasteiger partial charge >= 0.3 is 6.16 Å². The van der Waals surface area contributed by atoms with Crippen molar-refractivity contribution in [1.82, 2.24) is 10.6 Å². The van der Waals surface area contributed by atoms with E-state index in [0.29, 0.717) is 25.1 Å². The molecule has 142 valence electrons. The lowest BCUT2D eigenvalue weighted by Crippen LogP contribution is -2.35. The molecule has 0 saturated carbocycles. The van der Waals surface area contributed by atoms with Crippen molar-refractivity contribution in [2.24, 2.45) is 0 Å². The molecule has 0 spiro atoms. The smallest absolute Gasteiger partial charge is 0.434 e. The molecule has 0 atom stereocenters. The van der Waals surface area contributed by atoms with Crippen LogP contribution in [0, 0.1) is 0 Å². The number of hydrogen-bond donors (Lipinski definition) is 2. The van der Waals surface area contributed by atoms with Gasteiger partial charge in [-0.25, -0.2) is 4.79 Å². The van der Waals surface area contributed by atoms with Crippen LogP contribution in [0.25, 0.3) is 0 Å². The lowest BCUT2D eigenvalue weighted by Gasteiger charge is -2.08. The summed E-state index contributed by atoms with van der Waals surface area (Å²) in [6, 6.07) is 15.5. The van der Waals surface area contributed by atoms with Gasteiger partial charge in [0.15, 0.2) is 0 Å². The maximum Gasteiger partial charge on any atom is 0.513 e. The van der Waals surface area contributed by atoms with Crippen molar-refractivity contribution in [3.05, 3.63) is 65.7 Å². The van der Waals surface area contributed by atoms with Crippen LogP contribution in [0.3, 0.4) is 0 Å². The highest BCUT2D eigenvalue weighted by atomic mass is 16.7. The quantitative estimate of drug-likeness (QED) is 0.422. The Bertz CT molecular complexity index is 760. The molecule has 0 aromatic heterocycles. The van der Waals surface area contributed by atoms with E-state index in [1.165, 1.54) is 24.3 Å². The maximum absolute atomic E-state index is 12.1. The fourth-order valence-corrected chi connectivity index (χ4v) is 2.24. The Kier molecular flexibility index (Phi) is 7.84. The normalized spacial score (nSPS) is 9.96. The molecule has 0 aliphatic heterocycles. The molecule has 2 rings (SSSR count). The van der Waals surface area contributed by atoms with Crippen LogP contribution in [-0.4, -0.2) is 37.7 Å². The number of ether oxygens (including phenoxy) is 2. The van der Waals surface area contributed by atoms with E-state index in [1.54, 1.807) is 6.92 Å². The highest BCUT2D eigenvalue weighted by Crippen LogP contribution is 2.12. The zero-order valence-electron chi connectivity index (χ0n) is 15.1. The molecule has 0 saturated heterocycles. The summed E-state index contributed by atoms with van der Waals surface area (Å²) in [5.41, 5.74) is 1.35. The molecule has 27 heavy (non-hydrogen) atoms. The molecule has 0 fully saturated rings. The predicted octanol–water partition coefficient (Wildman–Crippen LogP) is 2.31. The third-order valence-corrected chi connectivity index (χ3v) is 3.52. The van der Waals surface area contributed by atoms with E-state index in [4.69, 9.17) is 4.74 Å². The molecular weight excluding hydrogens is 348 g/mol. The van der Waals surface area contributed by atoms with Crippen molar-refractivity contribution in [3.8, 4) is 5.75 Å². The SMILES string of the molecule is CCOC(=O)Oc1ccc(C(=O)NCCNC(=O)Cc2ccccc2)cc1. The van der Waals surface area contributed by atoms with Gasteiger partial charge in [0, 0.05) is 18.7 Å². The van der Waals surface area contributed by atoms with E-state index >= 15 is 0 Å². The second-order valence-electron chi connectivity index (χ2n) is 5.58. The second kappa shape index (κ2) is 10.6. The molecule has 7 heteroatoms. The van der Waals surface area contributed by atoms with E-state index in [2.05, 4.69) is 15.4 Å². The average molecular weight is 370 g/mol. The first-order valence-electron chi connectivity index (χ1n) is 8.62. The largest absolute Gasteiger partial charge is 0.513 e. The van der Waals surface area contributed by atoms with Crippen molar-refractivity contribution >= 4 is 18.0 Å². The Morgan fingerprint density at radius 1 is 0.889 bits per heavy atom. The molecule has 0 heterocycles. The number of hydrogen-bond acceptors (Lipinski definition) is 5. The van der Waals surface area contributed by atoms with Gasteiger partial charge in [-0.15, -0.1) is 0 Å². The minimum atomic E-state index is -0.791. The minimum Gasteiger partial charge on any atom is -0.434 e. The lowest BCUT2D eigenvalue weighted by molar-refractivity contribution is -0.120. The highest BCUT2D eigenvalue weighted by Gasteiger charge is 2.08. The standard InChI is InChI=1S/C20H22N2O5/c1-2-26-20(25)27-17-10-8-16(9-11-17)19(24)22-13-12-21-18(23)14-15-6-4-3-5-7-15/h3-11H,2,12-14H2,1H3,(H,21,23)(H,22,24). The minimum absolute atomic E-state index is 0.101. The van der Waals surface area contributed by atoms with Crippen molar-refractivity contribution in [1.29, 1.82) is 0 Å². The zero-order chi connectivity index (χ0) is 19.5. The molecule has 0 radical (unpaired) electrons. The molecule has 0 bridgehead atoms. The fraction of sp³-hybridized carbons (Fsp3) is 0.250. The number of amides is 2. The molecule has 0 unspecified atom stereocenters. The first-order chi connectivity index (χ1) is 13.1.